The van der Waals surface area contributed by atoms with Crippen molar-refractivity contribution in [3.8, 4) is 0 Å². The summed E-state index contributed by atoms with van der Waals surface area (Å²) >= 11 is 0. The van der Waals surface area contributed by atoms with E-state index in [2.05, 4.69) is 14.9 Å². The predicted octanol–water partition coefficient (Wildman–Crippen LogP) is 0.553. The lowest BCUT2D eigenvalue weighted by molar-refractivity contribution is -0.123. The van der Waals surface area contributed by atoms with Gasteiger partial charge in [-0.15, -0.1) is 0 Å². The number of carbonyl (C=O) groups is 1. The molecule has 0 amide bonds. The van der Waals surface area contributed by atoms with E-state index in [1.54, 1.807) is 18.3 Å². The van der Waals surface area contributed by atoms with Gasteiger partial charge in [0, 0.05) is 12.3 Å². The lowest BCUT2D eigenvalue weighted by atomic mass is 10.4. The van der Waals surface area contributed by atoms with Gasteiger partial charge in [-0.3, -0.25) is 9.89 Å². The molecule has 0 radical (unpaired) electrons. The summed E-state index contributed by atoms with van der Waals surface area (Å²) in [5.41, 5.74) is 0.724. The summed E-state index contributed by atoms with van der Waals surface area (Å²) in [6, 6.07) is 1.75. The number of hydrogen-bond acceptors (Lipinski definition) is 3. The minimum Gasteiger partial charge on any atom is -0.437 e. The van der Waals surface area contributed by atoms with Crippen molar-refractivity contribution in [1.29, 1.82) is 0 Å². The Balaban J connectivity index is 2.47. The Hall–Kier alpha value is -1.58. The fourth-order valence-electron chi connectivity index (χ4n) is 0.506. The van der Waals surface area contributed by atoms with E-state index in [1.807, 2.05) is 0 Å². The second-order valence-corrected chi connectivity index (χ2v) is 1.53. The van der Waals surface area contributed by atoms with Crippen LogP contribution < -0.4 is 0 Å². The number of carbonyl (C=O) groups excluding carboxylic acids is 1. The highest BCUT2D eigenvalue weighted by molar-refractivity contribution is 5.46. The molecule has 0 spiro atoms. The van der Waals surface area contributed by atoms with Crippen molar-refractivity contribution in [3.63, 3.8) is 0 Å². The highest BCUT2D eigenvalue weighted by Crippen LogP contribution is 1.93. The molecule has 52 valence electrons. The zero-order valence-electron chi connectivity index (χ0n) is 5.15. The third kappa shape index (κ3) is 1.74. The van der Waals surface area contributed by atoms with Gasteiger partial charge in [0.1, 0.15) is 0 Å². The van der Waals surface area contributed by atoms with Gasteiger partial charge in [0.2, 0.25) is 0 Å². The van der Waals surface area contributed by atoms with Crippen molar-refractivity contribution in [3.05, 3.63) is 24.2 Å². The number of nitrogens with zero attached hydrogens (tertiary/aromatic N) is 1. The minimum absolute atomic E-state index is 0.350. The van der Waals surface area contributed by atoms with E-state index in [1.165, 1.54) is 6.26 Å². The molecule has 4 nitrogen and oxygen atoms in total. The van der Waals surface area contributed by atoms with Crippen LogP contribution in [0.25, 0.3) is 6.08 Å². The van der Waals surface area contributed by atoms with Crippen LogP contribution in [0.2, 0.25) is 0 Å². The second kappa shape index (κ2) is 3.45. The van der Waals surface area contributed by atoms with Crippen LogP contribution in [0.5, 0.6) is 0 Å². The molecule has 0 aliphatic carbocycles. The topological polar surface area (TPSA) is 55.0 Å². The van der Waals surface area contributed by atoms with Crippen LogP contribution >= 0.6 is 0 Å². The monoisotopic (exact) mass is 138 g/mol. The smallest absolute Gasteiger partial charge is 0.297 e. The zero-order valence-corrected chi connectivity index (χ0v) is 5.15. The van der Waals surface area contributed by atoms with E-state index in [0.29, 0.717) is 6.47 Å². The number of rotatable bonds is 3. The molecule has 0 bridgehead atoms. The Morgan fingerprint density at radius 2 is 2.60 bits per heavy atom. The standard InChI is InChI=1S/C6H6N2O2/c9-5-10-4-2-6-1-3-7-8-6/h1-5H,(H,7,8). The SMILES string of the molecule is O=COC=Cc1cc[nH]n1. The van der Waals surface area contributed by atoms with Crippen molar-refractivity contribution in [2.75, 3.05) is 0 Å². The molecule has 1 N–H and O–H groups in total. The number of aromatic amines is 1. The normalized spacial score (nSPS) is 10.0. The number of ether oxygens (including phenoxy) is 1. The van der Waals surface area contributed by atoms with Crippen LogP contribution in [-0.2, 0) is 9.53 Å². The first-order valence-electron chi connectivity index (χ1n) is 2.69. The maximum atomic E-state index is 9.63. The molecule has 1 heterocycles. The van der Waals surface area contributed by atoms with Crippen LogP contribution in [0.15, 0.2) is 18.5 Å². The van der Waals surface area contributed by atoms with Crippen molar-refractivity contribution >= 4 is 12.5 Å². The first-order chi connectivity index (χ1) is 4.93. The summed E-state index contributed by atoms with van der Waals surface area (Å²) in [5.74, 6) is 0. The van der Waals surface area contributed by atoms with Crippen LogP contribution in [0, 0.1) is 0 Å². The largest absolute Gasteiger partial charge is 0.437 e. The van der Waals surface area contributed by atoms with Crippen molar-refractivity contribution < 1.29 is 9.53 Å². The molecule has 0 aliphatic rings. The van der Waals surface area contributed by atoms with Crippen LogP contribution in [0.3, 0.4) is 0 Å². The molecule has 0 fully saturated rings. The first kappa shape index (κ1) is 6.54. The van der Waals surface area contributed by atoms with E-state index < -0.39 is 0 Å². The summed E-state index contributed by atoms with van der Waals surface area (Å²) in [7, 11) is 0. The van der Waals surface area contributed by atoms with Gasteiger partial charge in [-0.25, -0.2) is 0 Å². The fraction of sp³-hybridized carbons (Fsp3) is 0. The van der Waals surface area contributed by atoms with Crippen molar-refractivity contribution in [2.45, 2.75) is 0 Å². The fourth-order valence-corrected chi connectivity index (χ4v) is 0.506. The lowest BCUT2D eigenvalue weighted by Gasteiger charge is -1.80. The van der Waals surface area contributed by atoms with Gasteiger partial charge >= 0.3 is 0 Å². The van der Waals surface area contributed by atoms with Crippen LogP contribution in [0.1, 0.15) is 5.69 Å². The maximum absolute atomic E-state index is 9.63. The van der Waals surface area contributed by atoms with E-state index in [4.69, 9.17) is 0 Å². The Morgan fingerprint density at radius 1 is 1.70 bits per heavy atom. The molecule has 0 atom stereocenters. The summed E-state index contributed by atoms with van der Waals surface area (Å²) < 4.78 is 4.29. The Kier molecular flexibility index (Phi) is 2.25. The van der Waals surface area contributed by atoms with Crippen LogP contribution in [-0.4, -0.2) is 16.7 Å². The highest BCUT2D eigenvalue weighted by Gasteiger charge is 1.83. The highest BCUT2D eigenvalue weighted by atomic mass is 16.5. The third-order valence-electron chi connectivity index (χ3n) is 0.895. The molecule has 0 saturated heterocycles. The number of hydrogen-bond donors (Lipinski definition) is 1. The Bertz CT molecular complexity index is 216. The molecule has 10 heavy (non-hydrogen) atoms. The molecular weight excluding hydrogens is 132 g/mol. The van der Waals surface area contributed by atoms with Gasteiger partial charge in [0.05, 0.1) is 12.0 Å². The zero-order chi connectivity index (χ0) is 7.23. The third-order valence-corrected chi connectivity index (χ3v) is 0.895. The minimum atomic E-state index is 0.350. The molecule has 0 saturated carbocycles. The average molecular weight is 138 g/mol. The van der Waals surface area contributed by atoms with Gasteiger partial charge in [-0.05, 0) is 6.07 Å². The van der Waals surface area contributed by atoms with E-state index in [-0.39, 0.29) is 0 Å². The molecule has 0 aromatic carbocycles. The van der Waals surface area contributed by atoms with Crippen LogP contribution in [0.4, 0.5) is 0 Å². The summed E-state index contributed by atoms with van der Waals surface area (Å²) in [4.78, 5) is 9.63. The van der Waals surface area contributed by atoms with Gasteiger partial charge in [0.25, 0.3) is 6.47 Å². The average Bonchev–Trinajstić information content (AvgIpc) is 2.41. The molecule has 1 aromatic rings. The molecule has 4 heteroatoms. The number of nitrogens with one attached hydrogen (secondary N) is 1. The van der Waals surface area contributed by atoms with Gasteiger partial charge in [-0.1, -0.05) is 0 Å². The number of H-pyrrole nitrogens is 1. The van der Waals surface area contributed by atoms with Crippen molar-refractivity contribution in [1.82, 2.24) is 10.2 Å². The van der Waals surface area contributed by atoms with Gasteiger partial charge in [0.15, 0.2) is 0 Å². The van der Waals surface area contributed by atoms with Crippen molar-refractivity contribution in [2.24, 2.45) is 0 Å². The molecule has 1 aromatic heterocycles. The summed E-state index contributed by atoms with van der Waals surface area (Å²) in [5, 5.41) is 6.39. The second-order valence-electron chi connectivity index (χ2n) is 1.53. The molecule has 1 rings (SSSR count). The summed E-state index contributed by atoms with van der Waals surface area (Å²) in [6.07, 6.45) is 4.52. The van der Waals surface area contributed by atoms with Gasteiger partial charge in [-0.2, -0.15) is 5.10 Å². The Labute approximate surface area is 57.5 Å². The molecule has 0 unspecified atom stereocenters. The Morgan fingerprint density at radius 3 is 3.20 bits per heavy atom. The summed E-state index contributed by atoms with van der Waals surface area (Å²) in [6.45, 7) is 0.350. The first-order valence-corrected chi connectivity index (χ1v) is 2.69. The van der Waals surface area contributed by atoms with E-state index in [9.17, 15) is 4.79 Å². The van der Waals surface area contributed by atoms with E-state index in [0.717, 1.165) is 5.69 Å². The van der Waals surface area contributed by atoms with Gasteiger partial charge < -0.3 is 4.74 Å². The molecule has 0 aliphatic heterocycles. The van der Waals surface area contributed by atoms with E-state index >= 15 is 0 Å². The molecular formula is C6H6N2O2. The lowest BCUT2D eigenvalue weighted by Crippen LogP contribution is -1.74. The number of aromatic nitrogens is 2. The maximum Gasteiger partial charge on any atom is 0.297 e. The predicted molar refractivity (Wildman–Crippen MR) is 34.8 cm³/mol. The quantitative estimate of drug-likeness (QED) is 0.490.